The van der Waals surface area contributed by atoms with Crippen LogP contribution in [0.1, 0.15) is 5.56 Å². The summed E-state index contributed by atoms with van der Waals surface area (Å²) in [5, 5.41) is 8.56. The fourth-order valence-electron chi connectivity index (χ4n) is 1.85. The van der Waals surface area contributed by atoms with Crippen LogP contribution in [0.15, 0.2) is 47.3 Å². The Balaban J connectivity index is 2.48. The number of aliphatic carboxylic acids is 1. The third-order valence-corrected chi connectivity index (χ3v) is 2.88. The molecule has 0 saturated carbocycles. The number of aromatic nitrogens is 1. The lowest BCUT2D eigenvalue weighted by molar-refractivity contribution is -0.131. The molecule has 2 rings (SSSR count). The first-order chi connectivity index (χ1) is 9.49. The Labute approximate surface area is 114 Å². The van der Waals surface area contributed by atoms with Gasteiger partial charge in [0.1, 0.15) is 5.82 Å². The van der Waals surface area contributed by atoms with Crippen LogP contribution >= 0.6 is 0 Å². The molecule has 0 atom stereocenters. The van der Waals surface area contributed by atoms with Crippen LogP contribution in [0.5, 0.6) is 0 Å². The van der Waals surface area contributed by atoms with Crippen LogP contribution in [-0.2, 0) is 11.8 Å². The Morgan fingerprint density at radius 3 is 2.45 bits per heavy atom. The molecule has 0 unspecified atom stereocenters. The van der Waals surface area contributed by atoms with Gasteiger partial charge in [-0.2, -0.15) is 0 Å². The molecule has 4 nitrogen and oxygen atoms in total. The summed E-state index contributed by atoms with van der Waals surface area (Å²) in [4.78, 5) is 22.5. The number of hydrogen-bond acceptors (Lipinski definition) is 2. The highest BCUT2D eigenvalue weighted by Crippen LogP contribution is 2.18. The standard InChI is InChI=1S/C15H12FNO3/c1-17-13(10-2-6-12(16)7-3-10)8-4-11(15(17)20)5-9-14(18)19/h2-9H,1H3,(H,18,19)/b9-5+. The molecule has 0 saturated heterocycles. The summed E-state index contributed by atoms with van der Waals surface area (Å²) < 4.78 is 14.3. The molecule has 0 spiro atoms. The second-order valence-electron chi connectivity index (χ2n) is 4.22. The Bertz CT molecular complexity index is 730. The molecule has 0 aliphatic heterocycles. The highest BCUT2D eigenvalue weighted by Gasteiger charge is 2.06. The lowest BCUT2D eigenvalue weighted by Gasteiger charge is -2.09. The third-order valence-electron chi connectivity index (χ3n) is 2.88. The Kier molecular flexibility index (Phi) is 3.79. The van der Waals surface area contributed by atoms with Crippen molar-refractivity contribution in [3.05, 3.63) is 64.2 Å². The van der Waals surface area contributed by atoms with Crippen molar-refractivity contribution in [3.8, 4) is 11.3 Å². The zero-order valence-electron chi connectivity index (χ0n) is 10.7. The highest BCUT2D eigenvalue weighted by atomic mass is 19.1. The number of pyridine rings is 1. The van der Waals surface area contributed by atoms with Crippen LogP contribution in [0, 0.1) is 5.82 Å². The molecule has 1 aromatic heterocycles. The smallest absolute Gasteiger partial charge is 0.328 e. The fraction of sp³-hybridized carbons (Fsp3) is 0.0667. The molecule has 0 aliphatic carbocycles. The monoisotopic (exact) mass is 273 g/mol. The van der Waals surface area contributed by atoms with E-state index in [1.165, 1.54) is 22.8 Å². The lowest BCUT2D eigenvalue weighted by atomic mass is 10.1. The van der Waals surface area contributed by atoms with E-state index in [9.17, 15) is 14.0 Å². The molecule has 0 radical (unpaired) electrons. The van der Waals surface area contributed by atoms with Crippen molar-refractivity contribution >= 4 is 12.0 Å². The highest BCUT2D eigenvalue weighted by molar-refractivity contribution is 5.85. The average molecular weight is 273 g/mol. The largest absolute Gasteiger partial charge is 0.478 e. The topological polar surface area (TPSA) is 59.3 Å². The first-order valence-corrected chi connectivity index (χ1v) is 5.86. The SMILES string of the molecule is Cn1c(-c2ccc(F)cc2)ccc(/C=C/C(=O)O)c1=O. The van der Waals surface area contributed by atoms with Crippen LogP contribution < -0.4 is 5.56 Å². The Morgan fingerprint density at radius 2 is 1.85 bits per heavy atom. The molecule has 1 N–H and O–H groups in total. The summed E-state index contributed by atoms with van der Waals surface area (Å²) in [5.74, 6) is -1.46. The number of carboxylic acid groups (broad SMARTS) is 1. The van der Waals surface area contributed by atoms with E-state index in [2.05, 4.69) is 0 Å². The van der Waals surface area contributed by atoms with Crippen molar-refractivity contribution < 1.29 is 14.3 Å². The number of hydrogen-bond donors (Lipinski definition) is 1. The van der Waals surface area contributed by atoms with Crippen molar-refractivity contribution in [1.82, 2.24) is 4.57 Å². The van der Waals surface area contributed by atoms with Gasteiger partial charge in [-0.25, -0.2) is 9.18 Å². The predicted molar refractivity (Wildman–Crippen MR) is 73.7 cm³/mol. The van der Waals surface area contributed by atoms with Crippen molar-refractivity contribution in [1.29, 1.82) is 0 Å². The van der Waals surface area contributed by atoms with E-state index in [0.29, 0.717) is 11.3 Å². The summed E-state index contributed by atoms with van der Waals surface area (Å²) in [7, 11) is 1.58. The number of benzene rings is 1. The molecule has 0 aliphatic rings. The normalized spacial score (nSPS) is 10.9. The van der Waals surface area contributed by atoms with E-state index >= 15 is 0 Å². The van der Waals surface area contributed by atoms with E-state index in [4.69, 9.17) is 5.11 Å². The van der Waals surface area contributed by atoms with Gasteiger partial charge < -0.3 is 9.67 Å². The number of rotatable bonds is 3. The molecule has 1 aromatic carbocycles. The van der Waals surface area contributed by atoms with Gasteiger partial charge in [-0.15, -0.1) is 0 Å². The summed E-state index contributed by atoms with van der Waals surface area (Å²) in [5.41, 5.74) is 1.30. The van der Waals surface area contributed by atoms with Crippen molar-refractivity contribution in [2.24, 2.45) is 7.05 Å². The van der Waals surface area contributed by atoms with Gasteiger partial charge in [-0.3, -0.25) is 4.79 Å². The first-order valence-electron chi connectivity index (χ1n) is 5.86. The maximum Gasteiger partial charge on any atom is 0.328 e. The Hall–Kier alpha value is -2.69. The second kappa shape index (κ2) is 5.52. The van der Waals surface area contributed by atoms with Crippen molar-refractivity contribution in [3.63, 3.8) is 0 Å². The number of carboxylic acids is 1. The number of carbonyl (C=O) groups is 1. The first kappa shape index (κ1) is 13.7. The number of halogens is 1. The van der Waals surface area contributed by atoms with E-state index in [-0.39, 0.29) is 16.9 Å². The van der Waals surface area contributed by atoms with E-state index in [1.807, 2.05) is 0 Å². The molecule has 5 heteroatoms. The van der Waals surface area contributed by atoms with Crippen LogP contribution in [-0.4, -0.2) is 15.6 Å². The van der Waals surface area contributed by atoms with Crippen LogP contribution in [0.2, 0.25) is 0 Å². The van der Waals surface area contributed by atoms with Gasteiger partial charge in [0, 0.05) is 18.7 Å². The quantitative estimate of drug-likeness (QED) is 0.873. The zero-order chi connectivity index (χ0) is 14.7. The van der Waals surface area contributed by atoms with Gasteiger partial charge in [0.2, 0.25) is 0 Å². The van der Waals surface area contributed by atoms with Crippen molar-refractivity contribution in [2.45, 2.75) is 0 Å². The van der Waals surface area contributed by atoms with Crippen LogP contribution in [0.25, 0.3) is 17.3 Å². The minimum absolute atomic E-state index is 0.278. The summed E-state index contributed by atoms with van der Waals surface area (Å²) in [6, 6.07) is 9.03. The third kappa shape index (κ3) is 2.83. The molecule has 0 fully saturated rings. The minimum Gasteiger partial charge on any atom is -0.478 e. The molecule has 20 heavy (non-hydrogen) atoms. The van der Waals surface area contributed by atoms with E-state index in [1.54, 1.807) is 31.3 Å². The lowest BCUT2D eigenvalue weighted by Crippen LogP contribution is -2.20. The van der Waals surface area contributed by atoms with E-state index in [0.717, 1.165) is 6.08 Å². The maximum absolute atomic E-state index is 12.9. The predicted octanol–water partition coefficient (Wildman–Crippen LogP) is 2.29. The van der Waals surface area contributed by atoms with E-state index < -0.39 is 5.97 Å². The van der Waals surface area contributed by atoms with Gasteiger partial charge in [0.15, 0.2) is 0 Å². The van der Waals surface area contributed by atoms with Crippen LogP contribution in [0.3, 0.4) is 0 Å². The summed E-state index contributed by atoms with van der Waals surface area (Å²) >= 11 is 0. The van der Waals surface area contributed by atoms with Crippen LogP contribution in [0.4, 0.5) is 4.39 Å². The van der Waals surface area contributed by atoms with Gasteiger partial charge in [-0.1, -0.05) is 0 Å². The molecule has 0 amide bonds. The summed E-state index contributed by atoms with van der Waals surface area (Å²) in [6.45, 7) is 0. The van der Waals surface area contributed by atoms with Crippen molar-refractivity contribution in [2.75, 3.05) is 0 Å². The van der Waals surface area contributed by atoms with Gasteiger partial charge in [0.25, 0.3) is 5.56 Å². The molecule has 1 heterocycles. The maximum atomic E-state index is 12.9. The average Bonchev–Trinajstić information content (AvgIpc) is 2.42. The minimum atomic E-state index is -1.12. The Morgan fingerprint density at radius 1 is 1.20 bits per heavy atom. The fourth-order valence-corrected chi connectivity index (χ4v) is 1.85. The molecule has 0 bridgehead atoms. The van der Waals surface area contributed by atoms with Gasteiger partial charge in [0.05, 0.1) is 5.69 Å². The molecule has 102 valence electrons. The molecular formula is C15H12FNO3. The second-order valence-corrected chi connectivity index (χ2v) is 4.22. The zero-order valence-corrected chi connectivity index (χ0v) is 10.7. The van der Waals surface area contributed by atoms with Gasteiger partial charge >= 0.3 is 5.97 Å². The summed E-state index contributed by atoms with van der Waals surface area (Å²) in [6.07, 6.45) is 2.16. The molecular weight excluding hydrogens is 261 g/mol. The number of nitrogens with zero attached hydrogens (tertiary/aromatic N) is 1. The van der Waals surface area contributed by atoms with Gasteiger partial charge in [-0.05, 0) is 48.0 Å². The molecule has 2 aromatic rings.